The molecule has 4 rings (SSSR count). The zero-order chi connectivity index (χ0) is 21.6. The summed E-state index contributed by atoms with van der Waals surface area (Å²) in [6.07, 6.45) is 6.03. The summed E-state index contributed by atoms with van der Waals surface area (Å²) in [6.45, 7) is 5.55. The van der Waals surface area contributed by atoms with Crippen molar-refractivity contribution in [3.63, 3.8) is 0 Å². The molecule has 0 atom stereocenters. The number of likely N-dealkylation sites (tertiary alicyclic amines) is 1. The molecule has 0 saturated carbocycles. The van der Waals surface area contributed by atoms with Crippen molar-refractivity contribution in [1.82, 2.24) is 5.32 Å². The van der Waals surface area contributed by atoms with E-state index in [4.69, 9.17) is 0 Å². The van der Waals surface area contributed by atoms with Crippen molar-refractivity contribution in [1.29, 1.82) is 0 Å². The van der Waals surface area contributed by atoms with E-state index in [1.54, 1.807) is 11.0 Å². The third-order valence-electron chi connectivity index (χ3n) is 6.44. The van der Waals surface area contributed by atoms with Crippen LogP contribution in [-0.4, -0.2) is 37.0 Å². The maximum absolute atomic E-state index is 13.1. The molecule has 2 aromatic carbocycles. The summed E-state index contributed by atoms with van der Waals surface area (Å²) in [5.41, 5.74) is 3.49. The molecule has 1 amide bonds. The molecule has 0 aliphatic carbocycles. The number of carbonyl (C=O) groups is 1. The van der Waals surface area contributed by atoms with Gasteiger partial charge in [-0.05, 0) is 43.7 Å². The van der Waals surface area contributed by atoms with Crippen LogP contribution in [0, 0.1) is 10.1 Å². The van der Waals surface area contributed by atoms with E-state index in [9.17, 15) is 14.9 Å². The Morgan fingerprint density at radius 1 is 1.00 bits per heavy atom. The Hall–Kier alpha value is -2.93. The van der Waals surface area contributed by atoms with Gasteiger partial charge in [-0.2, -0.15) is 0 Å². The second-order valence-electron chi connectivity index (χ2n) is 8.59. The number of nitrogens with zero attached hydrogens (tertiary/aromatic N) is 2. The number of anilines is 1. The van der Waals surface area contributed by atoms with E-state index < -0.39 is 4.92 Å². The minimum atomic E-state index is -0.443. The van der Waals surface area contributed by atoms with Crippen LogP contribution in [0.2, 0.25) is 0 Å². The van der Waals surface area contributed by atoms with E-state index >= 15 is 0 Å². The summed E-state index contributed by atoms with van der Waals surface area (Å²) in [6, 6.07) is 12.9. The number of nitrogens with one attached hydrogen (secondary N) is 2. The van der Waals surface area contributed by atoms with E-state index in [1.807, 2.05) is 6.07 Å². The first kappa shape index (κ1) is 21.3. The molecule has 2 aliphatic heterocycles. The number of carbonyl (C=O) groups excluding carboxylic acids is 1. The normalized spacial score (nSPS) is 17.0. The fourth-order valence-electron chi connectivity index (χ4n) is 4.72. The molecule has 31 heavy (non-hydrogen) atoms. The standard InChI is InChI=1S/C24H30N4O3/c29-24(22-16-21(28(30)31)10-11-23(22)27-14-6-7-15-27)25-17-19-8-2-3-9-20(19)18-26-12-4-1-5-13-26/h2-3,8-11,16H,1,4-7,12-15,17-18H2,(H,25,29)/p+1. The first-order chi connectivity index (χ1) is 15.1. The van der Waals surface area contributed by atoms with Gasteiger partial charge in [0.25, 0.3) is 11.6 Å². The number of hydrogen-bond donors (Lipinski definition) is 2. The van der Waals surface area contributed by atoms with Gasteiger partial charge in [0.05, 0.1) is 29.3 Å². The molecule has 0 bridgehead atoms. The number of nitro groups is 1. The monoisotopic (exact) mass is 423 g/mol. The van der Waals surface area contributed by atoms with Crippen LogP contribution in [0.25, 0.3) is 0 Å². The lowest BCUT2D eigenvalue weighted by Crippen LogP contribution is -3.11. The van der Waals surface area contributed by atoms with Crippen molar-refractivity contribution in [3.05, 3.63) is 69.3 Å². The molecule has 2 heterocycles. The minimum Gasteiger partial charge on any atom is -0.371 e. The van der Waals surface area contributed by atoms with Crippen molar-refractivity contribution in [3.8, 4) is 0 Å². The Morgan fingerprint density at radius 3 is 2.42 bits per heavy atom. The highest BCUT2D eigenvalue weighted by Gasteiger charge is 2.23. The fourth-order valence-corrected chi connectivity index (χ4v) is 4.72. The Bertz CT molecular complexity index is 934. The van der Waals surface area contributed by atoms with Crippen LogP contribution in [0.4, 0.5) is 11.4 Å². The van der Waals surface area contributed by atoms with Crippen LogP contribution >= 0.6 is 0 Å². The Balaban J connectivity index is 1.50. The van der Waals surface area contributed by atoms with Gasteiger partial charge in [0.1, 0.15) is 6.54 Å². The second-order valence-corrected chi connectivity index (χ2v) is 8.59. The van der Waals surface area contributed by atoms with E-state index in [0.717, 1.165) is 43.7 Å². The van der Waals surface area contributed by atoms with Gasteiger partial charge < -0.3 is 15.1 Å². The molecule has 0 unspecified atom stereocenters. The number of rotatable bonds is 7. The first-order valence-corrected chi connectivity index (χ1v) is 11.3. The molecule has 164 valence electrons. The fraction of sp³-hybridized carbons (Fsp3) is 0.458. The molecule has 2 saturated heterocycles. The molecule has 2 aliphatic rings. The molecular formula is C24H31N4O3+. The van der Waals surface area contributed by atoms with E-state index in [0.29, 0.717) is 12.1 Å². The topological polar surface area (TPSA) is 79.9 Å². The van der Waals surface area contributed by atoms with E-state index in [1.165, 1.54) is 50.0 Å². The number of benzene rings is 2. The molecule has 0 radical (unpaired) electrons. The Morgan fingerprint density at radius 2 is 1.71 bits per heavy atom. The zero-order valence-corrected chi connectivity index (χ0v) is 17.9. The molecule has 0 aromatic heterocycles. The average Bonchev–Trinajstić information content (AvgIpc) is 3.33. The van der Waals surface area contributed by atoms with Gasteiger partial charge in [0.2, 0.25) is 0 Å². The number of nitro benzene ring substituents is 1. The Labute approximate surface area is 183 Å². The number of non-ortho nitro benzene ring substituents is 1. The summed E-state index contributed by atoms with van der Waals surface area (Å²) in [5.74, 6) is -0.259. The summed E-state index contributed by atoms with van der Waals surface area (Å²) in [4.78, 5) is 27.7. The van der Waals surface area contributed by atoms with Gasteiger partial charge in [0, 0.05) is 37.3 Å². The number of quaternary nitrogens is 1. The summed E-state index contributed by atoms with van der Waals surface area (Å²) < 4.78 is 0. The van der Waals surface area contributed by atoms with Crippen LogP contribution in [-0.2, 0) is 13.1 Å². The third kappa shape index (κ3) is 5.22. The lowest BCUT2D eigenvalue weighted by atomic mass is 10.0. The molecular weight excluding hydrogens is 392 g/mol. The molecule has 7 heteroatoms. The van der Waals surface area contributed by atoms with E-state index in [-0.39, 0.29) is 11.6 Å². The van der Waals surface area contributed by atoms with Crippen LogP contribution in [0.1, 0.15) is 53.6 Å². The van der Waals surface area contributed by atoms with Crippen LogP contribution in [0.3, 0.4) is 0 Å². The van der Waals surface area contributed by atoms with Gasteiger partial charge in [0.15, 0.2) is 0 Å². The molecule has 2 aromatic rings. The number of amides is 1. The lowest BCUT2D eigenvalue weighted by molar-refractivity contribution is -0.918. The summed E-state index contributed by atoms with van der Waals surface area (Å²) >= 11 is 0. The highest BCUT2D eigenvalue weighted by atomic mass is 16.6. The summed E-state index contributed by atoms with van der Waals surface area (Å²) in [7, 11) is 0. The highest BCUT2D eigenvalue weighted by Crippen LogP contribution is 2.28. The van der Waals surface area contributed by atoms with E-state index in [2.05, 4.69) is 28.4 Å². The SMILES string of the molecule is O=C(NCc1ccccc1C[NH+]1CCCCC1)c1cc([N+](=O)[O-])ccc1N1CCCC1. The molecule has 0 spiro atoms. The molecule has 2 fully saturated rings. The largest absolute Gasteiger partial charge is 0.371 e. The average molecular weight is 424 g/mol. The maximum Gasteiger partial charge on any atom is 0.270 e. The quantitative estimate of drug-likeness (QED) is 0.530. The van der Waals surface area contributed by atoms with Gasteiger partial charge in [-0.1, -0.05) is 24.3 Å². The summed E-state index contributed by atoms with van der Waals surface area (Å²) in [5, 5.41) is 14.3. The Kier molecular flexibility index (Phi) is 6.82. The smallest absolute Gasteiger partial charge is 0.270 e. The maximum atomic E-state index is 13.1. The van der Waals surface area contributed by atoms with Crippen molar-refractivity contribution >= 4 is 17.3 Å². The highest BCUT2D eigenvalue weighted by molar-refractivity contribution is 6.00. The van der Waals surface area contributed by atoms with Crippen molar-refractivity contribution in [2.45, 2.75) is 45.2 Å². The van der Waals surface area contributed by atoms with Gasteiger partial charge in [-0.25, -0.2) is 0 Å². The van der Waals surface area contributed by atoms with Crippen molar-refractivity contribution in [2.24, 2.45) is 0 Å². The first-order valence-electron chi connectivity index (χ1n) is 11.3. The molecule has 7 nitrogen and oxygen atoms in total. The molecule has 2 N–H and O–H groups in total. The third-order valence-corrected chi connectivity index (χ3v) is 6.44. The van der Waals surface area contributed by atoms with Crippen molar-refractivity contribution < 1.29 is 14.6 Å². The van der Waals surface area contributed by atoms with Crippen LogP contribution in [0.5, 0.6) is 0 Å². The van der Waals surface area contributed by atoms with Crippen molar-refractivity contribution in [2.75, 3.05) is 31.1 Å². The number of hydrogen-bond acceptors (Lipinski definition) is 4. The van der Waals surface area contributed by atoms with Gasteiger partial charge in [-0.15, -0.1) is 0 Å². The van der Waals surface area contributed by atoms with Crippen LogP contribution < -0.4 is 15.1 Å². The second kappa shape index (κ2) is 9.92. The lowest BCUT2D eigenvalue weighted by Gasteiger charge is -2.24. The zero-order valence-electron chi connectivity index (χ0n) is 17.9. The van der Waals surface area contributed by atoms with Gasteiger partial charge >= 0.3 is 0 Å². The predicted molar refractivity (Wildman–Crippen MR) is 120 cm³/mol. The number of piperidine rings is 1. The van der Waals surface area contributed by atoms with Crippen LogP contribution in [0.15, 0.2) is 42.5 Å². The van der Waals surface area contributed by atoms with Gasteiger partial charge in [-0.3, -0.25) is 14.9 Å². The predicted octanol–water partition coefficient (Wildman–Crippen LogP) is 2.69. The minimum absolute atomic E-state index is 0.0535.